The van der Waals surface area contributed by atoms with Crippen molar-refractivity contribution in [1.82, 2.24) is 9.55 Å². The summed E-state index contributed by atoms with van der Waals surface area (Å²) in [4.78, 5) is 4.11. The second kappa shape index (κ2) is 6.63. The molecule has 1 fully saturated rings. The molecule has 22 heavy (non-hydrogen) atoms. The van der Waals surface area contributed by atoms with E-state index in [2.05, 4.69) is 43.1 Å². The Morgan fingerprint density at radius 3 is 2.50 bits per heavy atom. The van der Waals surface area contributed by atoms with Gasteiger partial charge in [0.25, 0.3) is 0 Å². The van der Waals surface area contributed by atoms with Crippen LogP contribution in [0.3, 0.4) is 0 Å². The van der Waals surface area contributed by atoms with Gasteiger partial charge in [0, 0.05) is 18.8 Å². The van der Waals surface area contributed by atoms with Gasteiger partial charge in [0.05, 0.1) is 26.1 Å². The molecule has 0 unspecified atom stereocenters. The van der Waals surface area contributed by atoms with Crippen LogP contribution >= 0.6 is 0 Å². The first-order chi connectivity index (χ1) is 10.7. The smallest absolute Gasteiger partial charge is 0.190 e. The van der Waals surface area contributed by atoms with E-state index < -0.39 is 5.79 Å². The van der Waals surface area contributed by atoms with Crippen LogP contribution in [-0.2, 0) is 22.4 Å². The van der Waals surface area contributed by atoms with Crippen LogP contribution in [0.2, 0.25) is 0 Å². The van der Waals surface area contributed by atoms with Crippen molar-refractivity contribution in [3.63, 3.8) is 0 Å². The van der Waals surface area contributed by atoms with Crippen molar-refractivity contribution in [2.45, 2.75) is 44.9 Å². The molecule has 3 rings (SSSR count). The third-order valence-electron chi connectivity index (χ3n) is 4.12. The van der Waals surface area contributed by atoms with E-state index in [-0.39, 0.29) is 0 Å². The fourth-order valence-electron chi connectivity index (χ4n) is 2.86. The minimum absolute atomic E-state index is 0.552. The van der Waals surface area contributed by atoms with Gasteiger partial charge < -0.3 is 14.0 Å². The number of nitrogens with zero attached hydrogens (tertiary/aromatic N) is 2. The van der Waals surface area contributed by atoms with Gasteiger partial charge in [-0.25, -0.2) is 4.98 Å². The fraction of sp³-hybridized carbons (Fsp3) is 0.500. The van der Waals surface area contributed by atoms with Crippen LogP contribution in [0.4, 0.5) is 0 Å². The van der Waals surface area contributed by atoms with Gasteiger partial charge in [-0.1, -0.05) is 38.1 Å². The molecule has 0 bridgehead atoms. The number of rotatable bonds is 5. The van der Waals surface area contributed by atoms with Gasteiger partial charge in [0.15, 0.2) is 5.79 Å². The highest BCUT2D eigenvalue weighted by atomic mass is 16.7. The lowest BCUT2D eigenvalue weighted by atomic mass is 9.98. The van der Waals surface area contributed by atoms with Gasteiger partial charge >= 0.3 is 0 Å². The van der Waals surface area contributed by atoms with Crippen molar-refractivity contribution in [1.29, 1.82) is 0 Å². The monoisotopic (exact) mass is 300 g/mol. The second-order valence-electron chi connectivity index (χ2n) is 6.27. The minimum atomic E-state index is -0.585. The van der Waals surface area contributed by atoms with E-state index in [0.717, 1.165) is 26.1 Å². The number of ether oxygens (including phenoxy) is 2. The third kappa shape index (κ3) is 3.57. The van der Waals surface area contributed by atoms with Crippen molar-refractivity contribution in [2.75, 3.05) is 13.2 Å². The zero-order chi connectivity index (χ0) is 15.4. The molecule has 4 heteroatoms. The van der Waals surface area contributed by atoms with Crippen LogP contribution < -0.4 is 0 Å². The fourth-order valence-corrected chi connectivity index (χ4v) is 2.86. The lowest BCUT2D eigenvalue weighted by Crippen LogP contribution is -2.46. The molecule has 1 aliphatic heterocycles. The summed E-state index contributed by atoms with van der Waals surface area (Å²) in [6.45, 7) is 6.59. The zero-order valence-corrected chi connectivity index (χ0v) is 13.4. The molecule has 0 aliphatic carbocycles. The molecule has 0 amide bonds. The van der Waals surface area contributed by atoms with E-state index in [1.165, 1.54) is 11.1 Å². The predicted octanol–water partition coefficient (Wildman–Crippen LogP) is 3.38. The van der Waals surface area contributed by atoms with E-state index in [0.29, 0.717) is 12.5 Å². The first-order valence-electron chi connectivity index (χ1n) is 7.99. The summed E-state index contributed by atoms with van der Waals surface area (Å²) < 4.78 is 14.1. The number of hydrogen-bond donors (Lipinski definition) is 0. The normalized spacial score (nSPS) is 17.8. The van der Waals surface area contributed by atoms with Gasteiger partial charge in [0.1, 0.15) is 0 Å². The summed E-state index contributed by atoms with van der Waals surface area (Å²) in [6, 6.07) is 8.78. The molecule has 1 aromatic heterocycles. The molecule has 4 nitrogen and oxygen atoms in total. The molecule has 118 valence electrons. The molecule has 0 saturated carbocycles. The molecular weight excluding hydrogens is 276 g/mol. The Kier molecular flexibility index (Phi) is 4.60. The van der Waals surface area contributed by atoms with E-state index in [1.807, 2.05) is 17.1 Å². The first kappa shape index (κ1) is 15.3. The maximum atomic E-state index is 6.05. The van der Waals surface area contributed by atoms with E-state index in [4.69, 9.17) is 9.47 Å². The molecule has 1 aliphatic rings. The Balaban J connectivity index is 1.77. The minimum Gasteiger partial charge on any atom is -0.348 e. The lowest BCUT2D eigenvalue weighted by Gasteiger charge is -2.37. The maximum Gasteiger partial charge on any atom is 0.190 e. The van der Waals surface area contributed by atoms with Crippen LogP contribution in [0.25, 0.3) is 0 Å². The van der Waals surface area contributed by atoms with Crippen molar-refractivity contribution in [2.24, 2.45) is 0 Å². The quantitative estimate of drug-likeness (QED) is 0.849. The lowest BCUT2D eigenvalue weighted by molar-refractivity contribution is -0.272. The summed E-state index contributed by atoms with van der Waals surface area (Å²) in [6.07, 6.45) is 7.26. The number of hydrogen-bond acceptors (Lipinski definition) is 3. The molecular formula is C18H24N2O2. The van der Waals surface area contributed by atoms with E-state index >= 15 is 0 Å². The number of benzene rings is 1. The summed E-state index contributed by atoms with van der Waals surface area (Å²) in [7, 11) is 0. The van der Waals surface area contributed by atoms with Gasteiger partial charge in [0.2, 0.25) is 0 Å². The van der Waals surface area contributed by atoms with Crippen LogP contribution in [0, 0.1) is 0 Å². The molecule has 2 aromatic rings. The highest BCUT2D eigenvalue weighted by Crippen LogP contribution is 2.27. The average molecular weight is 300 g/mol. The van der Waals surface area contributed by atoms with Crippen LogP contribution in [0.5, 0.6) is 0 Å². The van der Waals surface area contributed by atoms with Crippen LogP contribution in [0.1, 0.15) is 37.3 Å². The molecule has 1 saturated heterocycles. The Labute approximate surface area is 132 Å². The first-order valence-corrected chi connectivity index (χ1v) is 7.99. The molecule has 0 radical (unpaired) electrons. The van der Waals surface area contributed by atoms with E-state index in [9.17, 15) is 0 Å². The van der Waals surface area contributed by atoms with Crippen LogP contribution in [0.15, 0.2) is 43.0 Å². The van der Waals surface area contributed by atoms with Gasteiger partial charge in [-0.3, -0.25) is 0 Å². The van der Waals surface area contributed by atoms with Gasteiger partial charge in [-0.2, -0.15) is 0 Å². The zero-order valence-electron chi connectivity index (χ0n) is 13.4. The third-order valence-corrected chi connectivity index (χ3v) is 4.12. The SMILES string of the molecule is CC(C)c1ccc(CC2(Cn3ccnc3)OCCCO2)cc1. The van der Waals surface area contributed by atoms with Crippen molar-refractivity contribution in [3.8, 4) is 0 Å². The molecule has 0 spiro atoms. The van der Waals surface area contributed by atoms with Crippen molar-refractivity contribution < 1.29 is 9.47 Å². The standard InChI is InChI=1S/C18H24N2O2/c1-15(2)17-6-4-16(5-7-17)12-18(21-10-3-11-22-18)13-20-9-8-19-14-20/h4-9,14-15H,3,10-13H2,1-2H3. The summed E-state index contributed by atoms with van der Waals surface area (Å²) >= 11 is 0. The summed E-state index contributed by atoms with van der Waals surface area (Å²) in [5, 5.41) is 0. The van der Waals surface area contributed by atoms with Gasteiger partial charge in [-0.15, -0.1) is 0 Å². The number of imidazole rings is 1. The average Bonchev–Trinajstić information content (AvgIpc) is 3.01. The Hall–Kier alpha value is -1.65. The van der Waals surface area contributed by atoms with E-state index in [1.54, 1.807) is 6.20 Å². The Morgan fingerprint density at radius 1 is 1.18 bits per heavy atom. The molecule has 2 heterocycles. The Bertz CT molecular complexity index is 570. The highest BCUT2D eigenvalue weighted by molar-refractivity contribution is 5.25. The molecule has 0 N–H and O–H groups in total. The second-order valence-corrected chi connectivity index (χ2v) is 6.27. The maximum absolute atomic E-state index is 6.05. The largest absolute Gasteiger partial charge is 0.348 e. The van der Waals surface area contributed by atoms with Crippen molar-refractivity contribution in [3.05, 3.63) is 54.1 Å². The summed E-state index contributed by atoms with van der Waals surface area (Å²) in [5.74, 6) is -0.0330. The van der Waals surface area contributed by atoms with Crippen LogP contribution in [-0.4, -0.2) is 28.6 Å². The molecule has 0 atom stereocenters. The molecule has 1 aromatic carbocycles. The highest BCUT2D eigenvalue weighted by Gasteiger charge is 2.35. The van der Waals surface area contributed by atoms with Gasteiger partial charge in [-0.05, 0) is 23.5 Å². The summed E-state index contributed by atoms with van der Waals surface area (Å²) in [5.41, 5.74) is 2.60. The predicted molar refractivity (Wildman–Crippen MR) is 85.7 cm³/mol. The van der Waals surface area contributed by atoms with Crippen molar-refractivity contribution >= 4 is 0 Å². The topological polar surface area (TPSA) is 36.3 Å². The Morgan fingerprint density at radius 2 is 1.91 bits per heavy atom. The number of aromatic nitrogens is 2.